The van der Waals surface area contributed by atoms with E-state index in [9.17, 15) is 19.5 Å². The molecular weight excluding hydrogens is 384 g/mol. The Balaban J connectivity index is 1.54. The predicted molar refractivity (Wildman–Crippen MR) is 114 cm³/mol. The number of rotatable bonds is 3. The molecule has 3 N–H and O–H groups in total. The average molecular weight is 410 g/mol. The van der Waals surface area contributed by atoms with Crippen LogP contribution in [0.5, 0.6) is 5.75 Å². The van der Waals surface area contributed by atoms with E-state index in [1.165, 1.54) is 26.2 Å². The molecule has 1 aromatic carbocycles. The van der Waals surface area contributed by atoms with Crippen LogP contribution >= 0.6 is 0 Å². The fourth-order valence-corrected chi connectivity index (χ4v) is 4.16. The van der Waals surface area contributed by atoms with Crippen LogP contribution in [0.1, 0.15) is 47.8 Å². The van der Waals surface area contributed by atoms with E-state index in [0.29, 0.717) is 29.9 Å². The number of anilines is 2. The van der Waals surface area contributed by atoms with Crippen molar-refractivity contribution in [2.75, 3.05) is 29.9 Å². The first-order valence-corrected chi connectivity index (χ1v) is 10.3. The van der Waals surface area contributed by atoms with Crippen molar-refractivity contribution in [3.8, 4) is 5.75 Å². The van der Waals surface area contributed by atoms with Crippen LogP contribution in [0.25, 0.3) is 0 Å². The number of carbonyl (C=O) groups excluding carboxylic acids is 2. The van der Waals surface area contributed by atoms with Crippen LogP contribution in [0.15, 0.2) is 29.1 Å². The molecule has 2 aliphatic rings. The summed E-state index contributed by atoms with van der Waals surface area (Å²) in [5.74, 6) is -1.16. The van der Waals surface area contributed by atoms with Gasteiger partial charge in [0.2, 0.25) is 5.91 Å². The summed E-state index contributed by atoms with van der Waals surface area (Å²) in [6.07, 6.45) is 4.05. The second kappa shape index (κ2) is 8.22. The molecule has 0 bridgehead atoms. The smallest absolute Gasteiger partial charge is 0.265 e. The second-order valence-electron chi connectivity index (χ2n) is 7.87. The quantitative estimate of drug-likeness (QED) is 0.720. The Kier molecular flexibility index (Phi) is 5.48. The lowest BCUT2D eigenvalue weighted by Crippen LogP contribution is -2.37. The topological polar surface area (TPSA) is 106 Å². The van der Waals surface area contributed by atoms with Crippen LogP contribution in [0, 0.1) is 0 Å². The molecule has 2 aromatic rings. The average Bonchev–Trinajstić information content (AvgIpc) is 2.74. The predicted octanol–water partition coefficient (Wildman–Crippen LogP) is 2.23. The zero-order valence-corrected chi connectivity index (χ0v) is 17.0. The first kappa shape index (κ1) is 20.0. The lowest BCUT2D eigenvalue weighted by Gasteiger charge is -2.29. The third-order valence-corrected chi connectivity index (χ3v) is 5.88. The largest absolute Gasteiger partial charge is 0.506 e. The number of pyridine rings is 1. The zero-order chi connectivity index (χ0) is 21.3. The summed E-state index contributed by atoms with van der Waals surface area (Å²) in [5.41, 5.74) is 1.66. The molecule has 0 spiro atoms. The van der Waals surface area contributed by atoms with E-state index in [0.717, 1.165) is 18.8 Å². The van der Waals surface area contributed by atoms with Crippen molar-refractivity contribution in [1.82, 2.24) is 9.88 Å². The lowest BCUT2D eigenvalue weighted by molar-refractivity contribution is -0.129. The lowest BCUT2D eigenvalue weighted by atomic mass is 10.0. The molecule has 8 nitrogen and oxygen atoms in total. The van der Waals surface area contributed by atoms with E-state index < -0.39 is 11.5 Å². The van der Waals surface area contributed by atoms with Crippen molar-refractivity contribution in [1.29, 1.82) is 0 Å². The van der Waals surface area contributed by atoms with E-state index in [1.807, 2.05) is 12.1 Å². The highest BCUT2D eigenvalue weighted by Gasteiger charge is 2.27. The summed E-state index contributed by atoms with van der Waals surface area (Å²) in [6, 6.07) is 7.48. The van der Waals surface area contributed by atoms with Crippen LogP contribution in [0.2, 0.25) is 0 Å². The normalized spacial score (nSPS) is 16.2. The van der Waals surface area contributed by atoms with Gasteiger partial charge in [-0.15, -0.1) is 0 Å². The van der Waals surface area contributed by atoms with Gasteiger partial charge in [0.25, 0.3) is 11.5 Å². The Bertz CT molecular complexity index is 1020. The Morgan fingerprint density at radius 2 is 1.77 bits per heavy atom. The number of aromatic hydroxyl groups is 1. The van der Waals surface area contributed by atoms with Crippen LogP contribution in [0.4, 0.5) is 11.4 Å². The van der Waals surface area contributed by atoms with Crippen molar-refractivity contribution in [2.24, 2.45) is 0 Å². The Morgan fingerprint density at radius 3 is 2.43 bits per heavy atom. The number of hydrogen-bond acceptors (Lipinski definition) is 5. The van der Waals surface area contributed by atoms with Crippen molar-refractivity contribution >= 4 is 23.2 Å². The molecule has 0 atom stereocenters. The Labute approximate surface area is 174 Å². The minimum absolute atomic E-state index is 0.119. The number of hydrogen-bond donors (Lipinski definition) is 3. The van der Waals surface area contributed by atoms with E-state index in [1.54, 1.807) is 17.0 Å². The monoisotopic (exact) mass is 410 g/mol. The molecule has 0 aliphatic carbocycles. The summed E-state index contributed by atoms with van der Waals surface area (Å²) in [6.45, 7) is 4.14. The van der Waals surface area contributed by atoms with Crippen molar-refractivity contribution in [2.45, 2.75) is 39.2 Å². The first-order chi connectivity index (χ1) is 14.4. The van der Waals surface area contributed by atoms with Gasteiger partial charge in [0.1, 0.15) is 11.3 Å². The SMILES string of the molecule is CC(=O)N1CCc2[nH]c(=O)c(C(=O)Nc3ccc(N4CCCCC4)cc3)c(O)c2C1. The molecule has 2 amide bonds. The van der Waals surface area contributed by atoms with E-state index >= 15 is 0 Å². The number of piperidine rings is 1. The van der Waals surface area contributed by atoms with Gasteiger partial charge in [-0.3, -0.25) is 14.4 Å². The number of amides is 2. The molecule has 8 heteroatoms. The molecule has 2 aliphatic heterocycles. The Hall–Kier alpha value is -3.29. The fraction of sp³-hybridized carbons (Fsp3) is 0.409. The summed E-state index contributed by atoms with van der Waals surface area (Å²) >= 11 is 0. The number of nitrogens with zero attached hydrogens (tertiary/aromatic N) is 2. The molecular formula is C22H26N4O4. The highest BCUT2D eigenvalue weighted by molar-refractivity contribution is 6.06. The third kappa shape index (κ3) is 3.90. The van der Waals surface area contributed by atoms with Crippen LogP contribution < -0.4 is 15.8 Å². The number of nitrogens with one attached hydrogen (secondary N) is 2. The number of benzene rings is 1. The molecule has 0 saturated carbocycles. The van der Waals surface area contributed by atoms with Gasteiger partial charge in [0.15, 0.2) is 0 Å². The van der Waals surface area contributed by atoms with E-state index in [2.05, 4.69) is 15.2 Å². The van der Waals surface area contributed by atoms with Crippen LogP contribution in [-0.4, -0.2) is 46.4 Å². The molecule has 0 radical (unpaired) electrons. The Morgan fingerprint density at radius 1 is 1.07 bits per heavy atom. The standard InChI is InChI=1S/C22H26N4O4/c1-14(27)26-12-9-18-17(13-26)20(28)19(22(30)24-18)21(29)23-15-5-7-16(8-6-15)25-10-3-2-4-11-25/h5-8H,2-4,9-13H2,1H3,(H,23,29)(H2,24,28,30). The molecule has 1 fully saturated rings. The summed E-state index contributed by atoms with van der Waals surface area (Å²) in [7, 11) is 0. The molecule has 1 saturated heterocycles. The number of H-pyrrole nitrogens is 1. The van der Waals surface area contributed by atoms with Gasteiger partial charge in [-0.25, -0.2) is 0 Å². The minimum Gasteiger partial charge on any atom is -0.506 e. The van der Waals surface area contributed by atoms with E-state index in [4.69, 9.17) is 0 Å². The van der Waals surface area contributed by atoms with Gasteiger partial charge < -0.3 is 25.2 Å². The second-order valence-corrected chi connectivity index (χ2v) is 7.87. The van der Waals surface area contributed by atoms with Gasteiger partial charge in [0, 0.05) is 55.6 Å². The number of aromatic nitrogens is 1. The summed E-state index contributed by atoms with van der Waals surface area (Å²) in [4.78, 5) is 43.5. The van der Waals surface area contributed by atoms with Gasteiger partial charge in [-0.1, -0.05) is 0 Å². The third-order valence-electron chi connectivity index (χ3n) is 5.88. The molecule has 0 unspecified atom stereocenters. The molecule has 1 aromatic heterocycles. The minimum atomic E-state index is -0.678. The van der Waals surface area contributed by atoms with Gasteiger partial charge >= 0.3 is 0 Å². The maximum Gasteiger partial charge on any atom is 0.265 e. The number of carbonyl (C=O) groups is 2. The maximum absolute atomic E-state index is 12.8. The van der Waals surface area contributed by atoms with Crippen LogP contribution in [-0.2, 0) is 17.8 Å². The summed E-state index contributed by atoms with van der Waals surface area (Å²) in [5, 5.41) is 13.3. The van der Waals surface area contributed by atoms with E-state index in [-0.39, 0.29) is 23.8 Å². The van der Waals surface area contributed by atoms with Crippen molar-refractivity contribution in [3.63, 3.8) is 0 Å². The molecule has 3 heterocycles. The number of fused-ring (bicyclic) bond motifs is 1. The molecule has 30 heavy (non-hydrogen) atoms. The maximum atomic E-state index is 12.8. The highest BCUT2D eigenvalue weighted by atomic mass is 16.3. The van der Waals surface area contributed by atoms with Gasteiger partial charge in [-0.2, -0.15) is 0 Å². The van der Waals surface area contributed by atoms with Crippen LogP contribution in [0.3, 0.4) is 0 Å². The zero-order valence-electron chi connectivity index (χ0n) is 17.0. The fourth-order valence-electron chi connectivity index (χ4n) is 4.16. The van der Waals surface area contributed by atoms with Gasteiger partial charge in [-0.05, 0) is 43.5 Å². The van der Waals surface area contributed by atoms with Crippen molar-refractivity contribution in [3.05, 3.63) is 51.4 Å². The van der Waals surface area contributed by atoms with Crippen molar-refractivity contribution < 1.29 is 14.7 Å². The van der Waals surface area contributed by atoms with Gasteiger partial charge in [0.05, 0.1) is 6.54 Å². The highest BCUT2D eigenvalue weighted by Crippen LogP contribution is 2.28. The molecule has 158 valence electrons. The summed E-state index contributed by atoms with van der Waals surface area (Å²) < 4.78 is 0. The first-order valence-electron chi connectivity index (χ1n) is 10.3. The number of aromatic amines is 1. The molecule has 4 rings (SSSR count).